The maximum Gasteiger partial charge on any atom is 0.254 e. The normalized spacial score (nSPS) is 20.8. The Bertz CT molecular complexity index is 974. The molecule has 9 nitrogen and oxygen atoms in total. The highest BCUT2D eigenvalue weighted by molar-refractivity contribution is 5.97. The van der Waals surface area contributed by atoms with Gasteiger partial charge in [0.2, 0.25) is 11.9 Å². The molecule has 9 heteroatoms. The maximum atomic E-state index is 11.9. The molecule has 0 unspecified atom stereocenters. The van der Waals surface area contributed by atoms with Crippen LogP contribution in [0.4, 0.5) is 23.1 Å². The molecule has 1 aromatic carbocycles. The molecule has 0 bridgehead atoms. The lowest BCUT2D eigenvalue weighted by molar-refractivity contribution is -0.129. The van der Waals surface area contributed by atoms with Gasteiger partial charge in [0, 0.05) is 55.7 Å². The zero-order valence-corrected chi connectivity index (χ0v) is 16.7. The Balaban J connectivity index is 1.27. The van der Waals surface area contributed by atoms with Crippen molar-refractivity contribution in [2.24, 2.45) is 5.73 Å². The predicted octanol–water partition coefficient (Wildman–Crippen LogP) is 1.70. The van der Waals surface area contributed by atoms with E-state index in [-0.39, 0.29) is 5.91 Å². The second-order valence-corrected chi connectivity index (χ2v) is 8.14. The van der Waals surface area contributed by atoms with Gasteiger partial charge in [-0.15, -0.1) is 0 Å². The first kappa shape index (κ1) is 18.7. The van der Waals surface area contributed by atoms with Crippen molar-refractivity contribution in [3.8, 4) is 0 Å². The number of amides is 2. The van der Waals surface area contributed by atoms with Gasteiger partial charge in [-0.25, -0.2) is 4.98 Å². The van der Waals surface area contributed by atoms with Gasteiger partial charge in [0.1, 0.15) is 5.82 Å². The Morgan fingerprint density at radius 3 is 2.67 bits per heavy atom. The SMILES string of the molecule is NC(=O)c1cnc(Nc2ccc(N3CCN4C(=O)CC[C@@H]4C3)cc2)nc1NC1CC1. The van der Waals surface area contributed by atoms with Gasteiger partial charge in [-0.1, -0.05) is 0 Å². The summed E-state index contributed by atoms with van der Waals surface area (Å²) in [5.74, 6) is 0.632. The Kier molecular flexibility index (Phi) is 4.65. The number of carbonyl (C=O) groups excluding carboxylic acids is 2. The highest BCUT2D eigenvalue weighted by Crippen LogP contribution is 2.28. The van der Waals surface area contributed by atoms with E-state index in [0.29, 0.717) is 35.8 Å². The minimum Gasteiger partial charge on any atom is -0.368 e. The fourth-order valence-electron chi connectivity index (χ4n) is 4.14. The van der Waals surface area contributed by atoms with Crippen molar-refractivity contribution >= 4 is 35.0 Å². The highest BCUT2D eigenvalue weighted by Gasteiger charge is 2.35. The van der Waals surface area contributed by atoms with Crippen molar-refractivity contribution < 1.29 is 9.59 Å². The number of nitrogens with one attached hydrogen (secondary N) is 2. The van der Waals surface area contributed by atoms with Crippen LogP contribution in [0.15, 0.2) is 30.5 Å². The summed E-state index contributed by atoms with van der Waals surface area (Å²) in [5, 5.41) is 6.43. The van der Waals surface area contributed by atoms with Crippen LogP contribution in [-0.2, 0) is 4.79 Å². The lowest BCUT2D eigenvalue weighted by atomic mass is 10.1. The van der Waals surface area contributed by atoms with E-state index >= 15 is 0 Å². The first-order valence-electron chi connectivity index (χ1n) is 10.4. The zero-order chi connectivity index (χ0) is 20.7. The van der Waals surface area contributed by atoms with Gasteiger partial charge >= 0.3 is 0 Å². The molecule has 4 N–H and O–H groups in total. The summed E-state index contributed by atoms with van der Waals surface area (Å²) in [6.07, 6.45) is 5.21. The smallest absolute Gasteiger partial charge is 0.254 e. The number of fused-ring (bicyclic) bond motifs is 1. The number of hydrogen-bond acceptors (Lipinski definition) is 7. The summed E-state index contributed by atoms with van der Waals surface area (Å²) in [6, 6.07) is 8.78. The van der Waals surface area contributed by atoms with Crippen LogP contribution in [0, 0.1) is 0 Å². The number of piperazine rings is 1. The standard InChI is InChI=1S/C21H25N7O2/c22-19(30)17-11-23-21(26-20(17)24-13-1-2-13)25-14-3-5-15(6-4-14)27-9-10-28-16(12-27)7-8-18(28)29/h3-6,11,13,16H,1-2,7-10,12H2,(H2,22,30)(H2,23,24,25,26)/t16-/m1/s1. The van der Waals surface area contributed by atoms with Crippen LogP contribution in [0.1, 0.15) is 36.0 Å². The molecule has 2 aromatic rings. The zero-order valence-electron chi connectivity index (χ0n) is 16.7. The average molecular weight is 407 g/mol. The Morgan fingerprint density at radius 1 is 1.13 bits per heavy atom. The topological polar surface area (TPSA) is 116 Å². The minimum absolute atomic E-state index is 0.289. The quantitative estimate of drug-likeness (QED) is 0.667. The Hall–Kier alpha value is -3.36. The first-order chi connectivity index (χ1) is 14.6. The highest BCUT2D eigenvalue weighted by atomic mass is 16.2. The molecule has 1 saturated carbocycles. The predicted molar refractivity (Wildman–Crippen MR) is 114 cm³/mol. The molecule has 0 spiro atoms. The summed E-state index contributed by atoms with van der Waals surface area (Å²) in [6.45, 7) is 2.52. The van der Waals surface area contributed by atoms with Gasteiger partial charge in [-0.3, -0.25) is 9.59 Å². The van der Waals surface area contributed by atoms with Crippen LogP contribution in [0.5, 0.6) is 0 Å². The van der Waals surface area contributed by atoms with Gasteiger partial charge < -0.3 is 26.2 Å². The van der Waals surface area contributed by atoms with Gasteiger partial charge in [-0.05, 0) is 43.5 Å². The third-order valence-corrected chi connectivity index (χ3v) is 5.96. The van der Waals surface area contributed by atoms with Gasteiger partial charge in [0.05, 0.1) is 5.56 Å². The number of nitrogens with zero attached hydrogens (tertiary/aromatic N) is 4. The second kappa shape index (κ2) is 7.47. The molecule has 5 rings (SSSR count). The molecule has 3 heterocycles. The fraction of sp³-hybridized carbons (Fsp3) is 0.429. The van der Waals surface area contributed by atoms with E-state index in [9.17, 15) is 9.59 Å². The van der Waals surface area contributed by atoms with Crippen molar-refractivity contribution in [2.75, 3.05) is 35.2 Å². The molecular weight excluding hydrogens is 382 g/mol. The van der Waals surface area contributed by atoms with Gasteiger partial charge in [0.25, 0.3) is 5.91 Å². The number of carbonyl (C=O) groups is 2. The summed E-state index contributed by atoms with van der Waals surface area (Å²) in [7, 11) is 0. The molecule has 1 atom stereocenters. The van der Waals surface area contributed by atoms with Crippen molar-refractivity contribution in [3.63, 3.8) is 0 Å². The summed E-state index contributed by atoms with van der Waals surface area (Å²) in [5.41, 5.74) is 7.73. The van der Waals surface area contributed by atoms with Crippen LogP contribution < -0.4 is 21.3 Å². The number of anilines is 4. The average Bonchev–Trinajstić information content (AvgIpc) is 3.49. The van der Waals surface area contributed by atoms with E-state index in [1.54, 1.807) is 0 Å². The summed E-state index contributed by atoms with van der Waals surface area (Å²) < 4.78 is 0. The molecule has 156 valence electrons. The molecule has 2 amide bonds. The van der Waals surface area contributed by atoms with Crippen LogP contribution in [-0.4, -0.2) is 58.4 Å². The lowest BCUT2D eigenvalue weighted by Crippen LogP contribution is -2.51. The van der Waals surface area contributed by atoms with Crippen molar-refractivity contribution in [2.45, 2.75) is 37.8 Å². The number of nitrogens with two attached hydrogens (primary N) is 1. The minimum atomic E-state index is -0.543. The molecule has 3 fully saturated rings. The number of aromatic nitrogens is 2. The molecule has 2 saturated heterocycles. The third-order valence-electron chi connectivity index (χ3n) is 5.96. The van der Waals surface area contributed by atoms with Gasteiger partial charge in [0.15, 0.2) is 0 Å². The third kappa shape index (κ3) is 3.74. The van der Waals surface area contributed by atoms with Gasteiger partial charge in [-0.2, -0.15) is 4.98 Å². The van der Waals surface area contributed by atoms with Crippen LogP contribution >= 0.6 is 0 Å². The fourth-order valence-corrected chi connectivity index (χ4v) is 4.14. The Morgan fingerprint density at radius 2 is 1.93 bits per heavy atom. The summed E-state index contributed by atoms with van der Waals surface area (Å²) >= 11 is 0. The lowest BCUT2D eigenvalue weighted by Gasteiger charge is -2.38. The molecule has 1 aliphatic carbocycles. The van der Waals surface area contributed by atoms with Crippen molar-refractivity contribution in [3.05, 3.63) is 36.0 Å². The van der Waals surface area contributed by atoms with E-state index in [1.807, 2.05) is 17.0 Å². The van der Waals surface area contributed by atoms with Crippen molar-refractivity contribution in [1.29, 1.82) is 0 Å². The molecule has 2 aliphatic heterocycles. The number of primary amides is 1. The molecule has 3 aliphatic rings. The number of hydrogen-bond donors (Lipinski definition) is 3. The van der Waals surface area contributed by atoms with Crippen molar-refractivity contribution in [1.82, 2.24) is 14.9 Å². The first-order valence-corrected chi connectivity index (χ1v) is 10.4. The van der Waals surface area contributed by atoms with Crippen LogP contribution in [0.2, 0.25) is 0 Å². The maximum absolute atomic E-state index is 11.9. The number of benzene rings is 1. The van der Waals surface area contributed by atoms with E-state index in [2.05, 4.69) is 37.6 Å². The largest absolute Gasteiger partial charge is 0.368 e. The molecule has 1 aromatic heterocycles. The molecule has 0 radical (unpaired) electrons. The van der Waals surface area contributed by atoms with E-state index < -0.39 is 5.91 Å². The monoisotopic (exact) mass is 407 g/mol. The second-order valence-electron chi connectivity index (χ2n) is 8.14. The van der Waals surface area contributed by atoms with Crippen LogP contribution in [0.25, 0.3) is 0 Å². The molecular formula is C21H25N7O2. The van der Waals surface area contributed by atoms with E-state index in [0.717, 1.165) is 50.3 Å². The Labute approximate surface area is 174 Å². The summed E-state index contributed by atoms with van der Waals surface area (Å²) in [4.78, 5) is 36.5. The number of rotatable bonds is 6. The van der Waals surface area contributed by atoms with E-state index in [4.69, 9.17) is 5.73 Å². The molecule has 30 heavy (non-hydrogen) atoms. The van der Waals surface area contributed by atoms with Crippen LogP contribution in [0.3, 0.4) is 0 Å². The van der Waals surface area contributed by atoms with E-state index in [1.165, 1.54) is 6.20 Å².